The van der Waals surface area contributed by atoms with Crippen LogP contribution in [0.5, 0.6) is 0 Å². The molecule has 1 heterocycles. The first kappa shape index (κ1) is 26.0. The van der Waals surface area contributed by atoms with Crippen molar-refractivity contribution in [2.24, 2.45) is 0 Å². The van der Waals surface area contributed by atoms with E-state index in [0.717, 1.165) is 22.6 Å². The molecule has 0 saturated carbocycles. The molecule has 3 aromatic carbocycles. The molecule has 3 heteroatoms. The summed E-state index contributed by atoms with van der Waals surface area (Å²) in [5, 5.41) is 7.42. The van der Waals surface area contributed by atoms with E-state index in [9.17, 15) is 0 Å². The third kappa shape index (κ3) is 5.56. The second-order valence-corrected chi connectivity index (χ2v) is 8.36. The molecule has 32 heavy (non-hydrogen) atoms. The Morgan fingerprint density at radius 1 is 0.812 bits per heavy atom. The zero-order chi connectivity index (χ0) is 21.1. The minimum absolute atomic E-state index is 0. The third-order valence-corrected chi connectivity index (χ3v) is 5.53. The van der Waals surface area contributed by atoms with Crippen molar-refractivity contribution in [2.75, 3.05) is 0 Å². The normalized spacial score (nSPS) is 10.7. The largest absolute Gasteiger partial charge is 4.00 e. The van der Waals surface area contributed by atoms with Crippen LogP contribution in [-0.4, -0.2) is 4.98 Å². The van der Waals surface area contributed by atoms with Gasteiger partial charge in [-0.15, -0.1) is 34.8 Å². The Labute approximate surface area is 212 Å². The van der Waals surface area contributed by atoms with Crippen molar-refractivity contribution in [3.63, 3.8) is 0 Å². The first-order chi connectivity index (χ1) is 14.5. The molecule has 0 spiro atoms. The maximum absolute atomic E-state index is 5.04. The van der Waals surface area contributed by atoms with Gasteiger partial charge in [-0.05, 0) is 23.6 Å². The van der Waals surface area contributed by atoms with E-state index in [1.165, 1.54) is 21.9 Å². The summed E-state index contributed by atoms with van der Waals surface area (Å²) in [6.45, 7) is 9.49. The average Bonchev–Trinajstić information content (AvgIpc) is 2.77. The summed E-state index contributed by atoms with van der Waals surface area (Å²) in [7, 11) is 0. The molecule has 4 aromatic rings. The van der Waals surface area contributed by atoms with Crippen LogP contribution in [0.2, 0.25) is 0 Å². The zero-order valence-corrected chi connectivity index (χ0v) is 23.3. The number of hydrogen-bond donors (Lipinski definition) is 0. The van der Waals surface area contributed by atoms with Crippen LogP contribution in [0.15, 0.2) is 72.8 Å². The van der Waals surface area contributed by atoms with Gasteiger partial charge in [0.1, 0.15) is 0 Å². The van der Waals surface area contributed by atoms with Gasteiger partial charge in [-0.1, -0.05) is 105 Å². The standard InChI is InChI=1S/C28H28N2.CH3.Hf/c1-19(2)23-14-9-15-24(20(3)4)28(23)29-18-22-12-8-17-27(30-22)26-16-7-11-21-10-5-6-13-25(21)26;;/h5-15,17,19-20H,18H2,1-4H3;1H3;/q-2;-1;+4. The van der Waals surface area contributed by atoms with Crippen molar-refractivity contribution in [1.82, 2.24) is 4.98 Å². The van der Waals surface area contributed by atoms with Gasteiger partial charge in [0.25, 0.3) is 0 Å². The van der Waals surface area contributed by atoms with Crippen LogP contribution in [0.3, 0.4) is 0 Å². The van der Waals surface area contributed by atoms with Crippen molar-refractivity contribution < 1.29 is 25.8 Å². The van der Waals surface area contributed by atoms with Crippen LogP contribution >= 0.6 is 0 Å². The van der Waals surface area contributed by atoms with Gasteiger partial charge in [-0.3, -0.25) is 0 Å². The minimum atomic E-state index is 0. The van der Waals surface area contributed by atoms with Gasteiger partial charge in [-0.25, -0.2) is 0 Å². The molecule has 0 amide bonds. The third-order valence-electron chi connectivity index (χ3n) is 5.53. The van der Waals surface area contributed by atoms with Crippen LogP contribution in [-0.2, 0) is 32.4 Å². The molecule has 0 aliphatic heterocycles. The van der Waals surface area contributed by atoms with Gasteiger partial charge < -0.3 is 17.7 Å². The Balaban J connectivity index is 0.00000181. The van der Waals surface area contributed by atoms with Gasteiger partial charge in [-0.2, -0.15) is 0 Å². The molecule has 0 aliphatic rings. The van der Waals surface area contributed by atoms with Crippen molar-refractivity contribution in [1.29, 1.82) is 0 Å². The number of hydrogen-bond acceptors (Lipinski definition) is 1. The quantitative estimate of drug-likeness (QED) is 0.164. The monoisotopic (exact) mass is 587 g/mol. The second kappa shape index (κ2) is 11.6. The van der Waals surface area contributed by atoms with Crippen molar-refractivity contribution >= 4 is 16.5 Å². The molecule has 0 fully saturated rings. The Hall–Kier alpha value is -2.26. The van der Waals surface area contributed by atoms with E-state index in [4.69, 9.17) is 10.3 Å². The SMILES string of the molecule is CC(C)c1cccc(C(C)C)c1[N-]Cc1cccc(-c2[c-]ccc3ccccc23)n1.[CH3-].[Hf+4]. The average molecular weight is 586 g/mol. The van der Waals surface area contributed by atoms with Crippen LogP contribution in [0.25, 0.3) is 27.3 Å². The van der Waals surface area contributed by atoms with Gasteiger partial charge in [0.15, 0.2) is 0 Å². The fourth-order valence-electron chi connectivity index (χ4n) is 3.94. The van der Waals surface area contributed by atoms with Crippen molar-refractivity contribution in [3.8, 4) is 11.3 Å². The molecule has 2 nitrogen and oxygen atoms in total. The summed E-state index contributed by atoms with van der Waals surface area (Å²) in [5.41, 5.74) is 6.70. The van der Waals surface area contributed by atoms with Crippen LogP contribution < -0.4 is 0 Å². The summed E-state index contributed by atoms with van der Waals surface area (Å²) in [4.78, 5) is 4.93. The Bertz CT molecular complexity index is 1130. The van der Waals surface area contributed by atoms with Crippen molar-refractivity contribution in [3.05, 3.63) is 108 Å². The number of fused-ring (bicyclic) bond motifs is 1. The van der Waals surface area contributed by atoms with Gasteiger partial charge in [0.2, 0.25) is 0 Å². The number of para-hydroxylation sites is 1. The summed E-state index contributed by atoms with van der Waals surface area (Å²) < 4.78 is 0. The molecule has 0 unspecified atom stereocenters. The number of pyridine rings is 1. The molecule has 0 radical (unpaired) electrons. The summed E-state index contributed by atoms with van der Waals surface area (Å²) in [6, 6.07) is 28.6. The van der Waals surface area contributed by atoms with Crippen LogP contribution in [0.4, 0.5) is 5.69 Å². The molecule has 0 aliphatic carbocycles. The molecule has 0 saturated heterocycles. The zero-order valence-electron chi connectivity index (χ0n) is 19.7. The topological polar surface area (TPSA) is 27.0 Å². The van der Waals surface area contributed by atoms with E-state index < -0.39 is 0 Å². The molecule has 0 atom stereocenters. The van der Waals surface area contributed by atoms with E-state index in [1.807, 2.05) is 6.07 Å². The number of aromatic nitrogens is 1. The molecule has 160 valence electrons. The molecule has 0 bridgehead atoms. The van der Waals surface area contributed by atoms with Crippen LogP contribution in [0, 0.1) is 13.5 Å². The van der Waals surface area contributed by atoms with E-state index in [2.05, 4.69) is 100 Å². The minimum Gasteiger partial charge on any atom is -0.679 e. The molecule has 4 rings (SSSR count). The molecular weight excluding hydrogens is 555 g/mol. The Morgan fingerprint density at radius 2 is 1.47 bits per heavy atom. The fraction of sp³-hybridized carbons (Fsp3) is 0.241. The smallest absolute Gasteiger partial charge is 0.679 e. The van der Waals surface area contributed by atoms with Gasteiger partial charge in [0, 0.05) is 5.69 Å². The van der Waals surface area contributed by atoms with E-state index in [-0.39, 0.29) is 33.3 Å². The number of benzene rings is 3. The maximum Gasteiger partial charge on any atom is 4.00 e. The van der Waals surface area contributed by atoms with E-state index in [0.29, 0.717) is 18.4 Å². The van der Waals surface area contributed by atoms with Crippen LogP contribution in [0.1, 0.15) is 56.4 Å². The maximum atomic E-state index is 5.04. The predicted molar refractivity (Wildman–Crippen MR) is 134 cm³/mol. The van der Waals surface area contributed by atoms with Crippen molar-refractivity contribution in [2.45, 2.75) is 46.1 Å². The Morgan fingerprint density at radius 3 is 2.16 bits per heavy atom. The Kier molecular flexibility index (Phi) is 9.39. The predicted octanol–water partition coefficient (Wildman–Crippen LogP) is 8.60. The first-order valence-corrected chi connectivity index (χ1v) is 10.7. The van der Waals surface area contributed by atoms with E-state index in [1.54, 1.807) is 0 Å². The molecular formula is C29H31HfN2+. The second-order valence-electron chi connectivity index (χ2n) is 8.36. The van der Waals surface area contributed by atoms with E-state index >= 15 is 0 Å². The van der Waals surface area contributed by atoms with Gasteiger partial charge in [0.05, 0.1) is 0 Å². The summed E-state index contributed by atoms with van der Waals surface area (Å²) >= 11 is 0. The first-order valence-electron chi connectivity index (χ1n) is 10.7. The summed E-state index contributed by atoms with van der Waals surface area (Å²) in [5.74, 6) is 0.874. The molecule has 0 N–H and O–H groups in total. The molecule has 1 aromatic heterocycles. The van der Waals surface area contributed by atoms with Gasteiger partial charge >= 0.3 is 25.8 Å². The fourth-order valence-corrected chi connectivity index (χ4v) is 3.94. The number of rotatable bonds is 6. The number of nitrogens with zero attached hydrogens (tertiary/aromatic N) is 2. The summed E-state index contributed by atoms with van der Waals surface area (Å²) in [6.07, 6.45) is 0.